The molecule has 4 saturated carbocycles. The third-order valence-corrected chi connectivity index (χ3v) is 10.2. The SMILES string of the molecule is C[C@]12CC[C@H](O)C[C@H]1CC[C@@H]1[C@@H]2CC[C@]2(C)[C@@H](c3ccc(=O)oc3)C[C@H]3O[C@]132.O[B]O. The van der Waals surface area contributed by atoms with Gasteiger partial charge in [0, 0.05) is 11.5 Å². The zero-order chi connectivity index (χ0) is 22.0. The van der Waals surface area contributed by atoms with Crippen molar-refractivity contribution in [1.29, 1.82) is 0 Å². The Morgan fingerprint density at radius 1 is 1.03 bits per heavy atom. The van der Waals surface area contributed by atoms with Crippen LogP contribution in [0.1, 0.15) is 76.7 Å². The first-order valence-corrected chi connectivity index (χ1v) is 11.8. The number of hydrogen-bond donors (Lipinski definition) is 3. The lowest BCUT2D eigenvalue weighted by Crippen LogP contribution is -2.58. The van der Waals surface area contributed by atoms with Crippen molar-refractivity contribution in [2.75, 3.05) is 0 Å². The molecule has 0 bridgehead atoms. The first-order valence-electron chi connectivity index (χ1n) is 11.8. The van der Waals surface area contributed by atoms with Gasteiger partial charge in [-0.2, -0.15) is 0 Å². The maximum absolute atomic E-state index is 11.4. The lowest BCUT2D eigenvalue weighted by Gasteiger charge is -2.61. The average molecular weight is 429 g/mol. The van der Waals surface area contributed by atoms with Gasteiger partial charge < -0.3 is 24.3 Å². The van der Waals surface area contributed by atoms with E-state index in [1.54, 1.807) is 12.3 Å². The van der Waals surface area contributed by atoms with E-state index in [0.29, 0.717) is 29.3 Å². The second-order valence-corrected chi connectivity index (χ2v) is 11.1. The molecule has 1 aromatic heterocycles. The van der Waals surface area contributed by atoms with Crippen LogP contribution in [0, 0.1) is 28.6 Å². The predicted molar refractivity (Wildman–Crippen MR) is 115 cm³/mol. The molecule has 1 spiro atoms. The van der Waals surface area contributed by atoms with E-state index >= 15 is 0 Å². The fourth-order valence-corrected chi connectivity index (χ4v) is 8.74. The van der Waals surface area contributed by atoms with Gasteiger partial charge in [0.05, 0.1) is 18.5 Å². The first kappa shape index (κ1) is 21.7. The van der Waals surface area contributed by atoms with Crippen molar-refractivity contribution in [3.8, 4) is 0 Å². The summed E-state index contributed by atoms with van der Waals surface area (Å²) in [6.07, 6.45) is 11.1. The minimum atomic E-state index is -0.266. The van der Waals surface area contributed by atoms with Crippen LogP contribution in [0.3, 0.4) is 0 Å². The van der Waals surface area contributed by atoms with Gasteiger partial charge in [0.25, 0.3) is 0 Å². The molecule has 169 valence electrons. The molecule has 0 unspecified atom stereocenters. The van der Waals surface area contributed by atoms with E-state index in [0.717, 1.165) is 25.2 Å². The summed E-state index contributed by atoms with van der Waals surface area (Å²) in [6.45, 7) is 4.97. The maximum atomic E-state index is 11.4. The summed E-state index contributed by atoms with van der Waals surface area (Å²) in [5.74, 6) is 2.48. The van der Waals surface area contributed by atoms with Crippen molar-refractivity contribution in [3.63, 3.8) is 0 Å². The summed E-state index contributed by atoms with van der Waals surface area (Å²) in [5.41, 5.74) is 1.44. The van der Waals surface area contributed by atoms with Gasteiger partial charge in [-0.3, -0.25) is 0 Å². The minimum absolute atomic E-state index is 0. The van der Waals surface area contributed by atoms with Crippen molar-refractivity contribution < 1.29 is 24.3 Å². The second kappa shape index (κ2) is 7.44. The van der Waals surface area contributed by atoms with Crippen LogP contribution in [0.5, 0.6) is 0 Å². The molecule has 1 aromatic rings. The van der Waals surface area contributed by atoms with E-state index in [1.165, 1.54) is 37.7 Å². The molecule has 6 rings (SSSR count). The molecule has 5 aliphatic rings. The number of aliphatic hydroxyl groups excluding tert-OH is 1. The highest BCUT2D eigenvalue weighted by molar-refractivity contribution is 6.13. The average Bonchev–Trinajstić information content (AvgIpc) is 3.40. The molecule has 1 radical (unpaired) electrons. The molecular formula is C24H34BO6. The number of hydrogen-bond acceptors (Lipinski definition) is 6. The Balaban J connectivity index is 0.000000646. The van der Waals surface area contributed by atoms with Crippen molar-refractivity contribution in [2.45, 2.75) is 88.9 Å². The first-order chi connectivity index (χ1) is 14.8. The van der Waals surface area contributed by atoms with Crippen LogP contribution in [-0.2, 0) is 4.74 Å². The highest BCUT2D eigenvalue weighted by Crippen LogP contribution is 2.77. The Kier molecular flexibility index (Phi) is 5.21. The summed E-state index contributed by atoms with van der Waals surface area (Å²) in [7, 11) is 0. The third kappa shape index (κ3) is 2.96. The molecule has 3 N–H and O–H groups in total. The fraction of sp³-hybridized carbons (Fsp3) is 0.792. The van der Waals surface area contributed by atoms with Crippen molar-refractivity contribution >= 4 is 7.69 Å². The van der Waals surface area contributed by atoms with Gasteiger partial charge in [0.2, 0.25) is 0 Å². The lowest BCUT2D eigenvalue weighted by atomic mass is 9.44. The van der Waals surface area contributed by atoms with Crippen LogP contribution in [0.4, 0.5) is 0 Å². The minimum Gasteiger partial charge on any atom is -0.431 e. The Morgan fingerprint density at radius 3 is 2.52 bits per heavy atom. The van der Waals surface area contributed by atoms with Crippen molar-refractivity contribution in [1.82, 2.24) is 0 Å². The number of fused-ring (bicyclic) bond motifs is 3. The molecular weight excluding hydrogens is 395 g/mol. The molecule has 31 heavy (non-hydrogen) atoms. The molecule has 6 nitrogen and oxygen atoms in total. The molecule has 5 fully saturated rings. The van der Waals surface area contributed by atoms with Crippen LogP contribution >= 0.6 is 0 Å². The largest absolute Gasteiger partial charge is 0.482 e. The van der Waals surface area contributed by atoms with Gasteiger partial charge in [-0.1, -0.05) is 13.8 Å². The maximum Gasteiger partial charge on any atom is 0.482 e. The number of ether oxygens (including phenoxy) is 1. The van der Waals surface area contributed by atoms with Crippen LogP contribution in [0.25, 0.3) is 0 Å². The Labute approximate surface area is 184 Å². The van der Waals surface area contributed by atoms with Gasteiger partial charge in [0.15, 0.2) is 0 Å². The van der Waals surface area contributed by atoms with E-state index < -0.39 is 0 Å². The molecule has 0 aromatic carbocycles. The summed E-state index contributed by atoms with van der Waals surface area (Å²) >= 11 is 0. The third-order valence-electron chi connectivity index (χ3n) is 10.2. The van der Waals surface area contributed by atoms with E-state index in [4.69, 9.17) is 19.2 Å². The monoisotopic (exact) mass is 429 g/mol. The smallest absolute Gasteiger partial charge is 0.431 e. The molecule has 1 saturated heterocycles. The van der Waals surface area contributed by atoms with Gasteiger partial charge in [-0.15, -0.1) is 0 Å². The molecule has 9 atom stereocenters. The number of aliphatic hydroxyl groups is 1. The Morgan fingerprint density at radius 2 is 1.81 bits per heavy atom. The van der Waals surface area contributed by atoms with Gasteiger partial charge in [-0.05, 0) is 92.1 Å². The Hall–Kier alpha value is -1.15. The highest BCUT2D eigenvalue weighted by atomic mass is 16.6. The summed E-state index contributed by atoms with van der Waals surface area (Å²) in [5, 5.41) is 24.2. The lowest BCUT2D eigenvalue weighted by molar-refractivity contribution is -0.139. The van der Waals surface area contributed by atoms with E-state index in [2.05, 4.69) is 13.8 Å². The molecule has 2 heterocycles. The van der Waals surface area contributed by atoms with Crippen LogP contribution in [0.2, 0.25) is 0 Å². The summed E-state index contributed by atoms with van der Waals surface area (Å²) in [4.78, 5) is 11.4. The summed E-state index contributed by atoms with van der Waals surface area (Å²) in [6, 6.07) is 3.55. The number of epoxide rings is 1. The second-order valence-electron chi connectivity index (χ2n) is 11.1. The van der Waals surface area contributed by atoms with Crippen LogP contribution in [-0.4, -0.2) is 40.6 Å². The molecule has 1 aliphatic heterocycles. The summed E-state index contributed by atoms with van der Waals surface area (Å²) < 4.78 is 11.8. The van der Waals surface area contributed by atoms with Gasteiger partial charge in [0.1, 0.15) is 5.60 Å². The normalized spacial score (nSPS) is 49.5. The molecule has 7 heteroatoms. The standard InChI is InChI=1S/C24H32O4.BH2O2/c1-22-9-7-16(25)11-15(22)4-5-18-17(22)8-10-23(2)19(12-20-24(18,23)28-20)14-3-6-21(26)27-13-14;2-1-3/h3,6,13,15-20,25H,4-5,7-12H2,1-2H3;2-3H/t15-,16+,17+,18-,19-,20-,22+,23-,24-;/m1./s1. The molecule has 4 aliphatic carbocycles. The zero-order valence-corrected chi connectivity index (χ0v) is 18.5. The topological polar surface area (TPSA) is 103 Å². The molecule has 0 amide bonds. The van der Waals surface area contributed by atoms with E-state index in [-0.39, 0.29) is 30.4 Å². The van der Waals surface area contributed by atoms with Gasteiger partial charge in [-0.25, -0.2) is 4.79 Å². The van der Waals surface area contributed by atoms with E-state index in [9.17, 15) is 9.90 Å². The number of rotatable bonds is 1. The van der Waals surface area contributed by atoms with Crippen LogP contribution < -0.4 is 5.63 Å². The quantitative estimate of drug-likeness (QED) is 0.469. The fourth-order valence-electron chi connectivity index (χ4n) is 8.74. The van der Waals surface area contributed by atoms with Crippen molar-refractivity contribution in [3.05, 3.63) is 34.4 Å². The van der Waals surface area contributed by atoms with E-state index in [1.807, 2.05) is 6.07 Å². The van der Waals surface area contributed by atoms with Crippen molar-refractivity contribution in [2.24, 2.45) is 28.6 Å². The zero-order valence-electron chi connectivity index (χ0n) is 18.5. The Bertz CT molecular complexity index is 869. The predicted octanol–water partition coefficient (Wildman–Crippen LogP) is 2.76. The van der Waals surface area contributed by atoms with Crippen LogP contribution in [0.15, 0.2) is 27.6 Å². The van der Waals surface area contributed by atoms with Gasteiger partial charge >= 0.3 is 13.3 Å². The highest BCUT2D eigenvalue weighted by Gasteiger charge is 2.80.